The van der Waals surface area contributed by atoms with Gasteiger partial charge in [0.25, 0.3) is 5.56 Å². The van der Waals surface area contributed by atoms with E-state index in [1.54, 1.807) is 11.8 Å². The lowest BCUT2D eigenvalue weighted by molar-refractivity contribution is 0.241. The second kappa shape index (κ2) is 6.40. The third-order valence-electron chi connectivity index (χ3n) is 5.53. The van der Waals surface area contributed by atoms with E-state index in [0.717, 1.165) is 44.0 Å². The number of hydrogen-bond donors (Lipinski definition) is 1. The minimum absolute atomic E-state index is 0.0857. The first-order chi connectivity index (χ1) is 11.7. The van der Waals surface area contributed by atoms with Crippen molar-refractivity contribution in [2.45, 2.75) is 25.7 Å². The fraction of sp³-hybridized carbons (Fsp3) is 0.474. The molecule has 24 heavy (non-hydrogen) atoms. The average Bonchev–Trinajstić information content (AvgIpc) is 3.01. The predicted octanol–water partition coefficient (Wildman–Crippen LogP) is 1.93. The third kappa shape index (κ3) is 2.84. The van der Waals surface area contributed by atoms with Crippen molar-refractivity contribution in [1.82, 2.24) is 15.1 Å². The number of benzene rings is 1. The van der Waals surface area contributed by atoms with Gasteiger partial charge in [-0.05, 0) is 36.8 Å². The van der Waals surface area contributed by atoms with E-state index in [2.05, 4.69) is 44.3 Å². The van der Waals surface area contributed by atoms with E-state index in [4.69, 9.17) is 0 Å². The maximum Gasteiger partial charge on any atom is 0.269 e. The second-order valence-electron chi connectivity index (χ2n) is 6.93. The van der Waals surface area contributed by atoms with Gasteiger partial charge in [0.2, 0.25) is 0 Å². The summed E-state index contributed by atoms with van der Waals surface area (Å²) >= 11 is 0. The molecule has 1 N–H and O–H groups in total. The number of nitrogens with one attached hydrogen (secondary N) is 1. The first kappa shape index (κ1) is 15.4. The van der Waals surface area contributed by atoms with E-state index in [1.807, 2.05) is 6.92 Å². The summed E-state index contributed by atoms with van der Waals surface area (Å²) in [5.41, 5.74) is 4.74. The fourth-order valence-corrected chi connectivity index (χ4v) is 4.09. The molecule has 2 heterocycles. The molecule has 2 aliphatic rings. The van der Waals surface area contributed by atoms with Gasteiger partial charge in [0, 0.05) is 38.3 Å². The summed E-state index contributed by atoms with van der Waals surface area (Å²) < 4.78 is 0. The molecule has 0 bridgehead atoms. The first-order valence-corrected chi connectivity index (χ1v) is 8.82. The van der Waals surface area contributed by atoms with E-state index in [9.17, 15) is 4.79 Å². The van der Waals surface area contributed by atoms with Gasteiger partial charge in [0.15, 0.2) is 0 Å². The zero-order chi connectivity index (χ0) is 16.5. The van der Waals surface area contributed by atoms with Crippen LogP contribution >= 0.6 is 0 Å². The Morgan fingerprint density at radius 1 is 1.21 bits per heavy atom. The molecule has 4 rings (SSSR count). The van der Waals surface area contributed by atoms with Crippen LogP contribution in [0, 0.1) is 6.92 Å². The van der Waals surface area contributed by atoms with Crippen LogP contribution in [0.1, 0.15) is 29.0 Å². The van der Waals surface area contributed by atoms with Crippen molar-refractivity contribution in [2.24, 2.45) is 0 Å². The number of nitrogens with zero attached hydrogens (tertiary/aromatic N) is 3. The third-order valence-corrected chi connectivity index (χ3v) is 5.53. The second-order valence-corrected chi connectivity index (χ2v) is 6.93. The van der Waals surface area contributed by atoms with E-state index in [0.29, 0.717) is 5.92 Å². The van der Waals surface area contributed by atoms with E-state index < -0.39 is 0 Å². The Hall–Kier alpha value is -2.14. The topological polar surface area (TPSA) is 52.2 Å². The summed E-state index contributed by atoms with van der Waals surface area (Å²) in [6, 6.07) is 8.89. The van der Waals surface area contributed by atoms with Gasteiger partial charge >= 0.3 is 0 Å². The van der Waals surface area contributed by atoms with Crippen LogP contribution < -0.4 is 10.5 Å². The highest BCUT2D eigenvalue weighted by molar-refractivity contribution is 5.50. The Morgan fingerprint density at radius 3 is 2.83 bits per heavy atom. The largest absolute Gasteiger partial charge is 0.367 e. The predicted molar refractivity (Wildman–Crippen MR) is 95.8 cm³/mol. The molecule has 2 aromatic rings. The zero-order valence-corrected chi connectivity index (χ0v) is 14.2. The minimum atomic E-state index is -0.0857. The molecule has 1 atom stereocenters. The first-order valence-electron chi connectivity index (χ1n) is 8.82. The highest BCUT2D eigenvalue weighted by atomic mass is 16.1. The van der Waals surface area contributed by atoms with E-state index >= 15 is 0 Å². The lowest BCUT2D eigenvalue weighted by atomic mass is 10.0. The molecule has 1 aliphatic heterocycles. The van der Waals surface area contributed by atoms with Crippen LogP contribution in [0.25, 0.3) is 0 Å². The molecule has 1 saturated heterocycles. The summed E-state index contributed by atoms with van der Waals surface area (Å²) in [6.45, 7) is 7.03. The highest BCUT2D eigenvalue weighted by Gasteiger charge is 2.26. The van der Waals surface area contributed by atoms with Crippen LogP contribution in [-0.4, -0.2) is 47.8 Å². The molecule has 1 aromatic carbocycles. The minimum Gasteiger partial charge on any atom is -0.367 e. The number of rotatable bonds is 3. The molecule has 126 valence electrons. The quantitative estimate of drug-likeness (QED) is 0.937. The number of H-pyrrole nitrogens is 1. The summed E-state index contributed by atoms with van der Waals surface area (Å²) in [6.07, 6.45) is 4.27. The average molecular weight is 324 g/mol. The monoisotopic (exact) mass is 324 g/mol. The molecule has 1 aromatic heterocycles. The van der Waals surface area contributed by atoms with Gasteiger partial charge in [-0.1, -0.05) is 24.3 Å². The molecule has 0 unspecified atom stereocenters. The van der Waals surface area contributed by atoms with Gasteiger partial charge in [0.05, 0.1) is 11.9 Å². The summed E-state index contributed by atoms with van der Waals surface area (Å²) in [5, 5.41) is 6.46. The number of hydrogen-bond acceptors (Lipinski definition) is 4. The van der Waals surface area contributed by atoms with Crippen LogP contribution in [-0.2, 0) is 6.42 Å². The van der Waals surface area contributed by atoms with Crippen molar-refractivity contribution >= 4 is 5.69 Å². The van der Waals surface area contributed by atoms with Crippen molar-refractivity contribution in [3.05, 3.63) is 57.5 Å². The Kier molecular flexibility index (Phi) is 4.10. The van der Waals surface area contributed by atoms with Crippen LogP contribution in [0.2, 0.25) is 0 Å². The highest BCUT2D eigenvalue weighted by Crippen LogP contribution is 2.33. The van der Waals surface area contributed by atoms with Gasteiger partial charge < -0.3 is 4.90 Å². The summed E-state index contributed by atoms with van der Waals surface area (Å²) in [5.74, 6) is 0.677. The Morgan fingerprint density at radius 2 is 2.00 bits per heavy atom. The number of anilines is 1. The maximum atomic E-state index is 11.7. The molecule has 5 nitrogen and oxygen atoms in total. The van der Waals surface area contributed by atoms with Crippen molar-refractivity contribution in [3.63, 3.8) is 0 Å². The van der Waals surface area contributed by atoms with Crippen LogP contribution in [0.15, 0.2) is 35.3 Å². The van der Waals surface area contributed by atoms with Gasteiger partial charge in [0.1, 0.15) is 0 Å². The van der Waals surface area contributed by atoms with Crippen molar-refractivity contribution < 1.29 is 0 Å². The number of fused-ring (bicyclic) bond motifs is 1. The fourth-order valence-electron chi connectivity index (χ4n) is 4.09. The van der Waals surface area contributed by atoms with Gasteiger partial charge in [-0.25, -0.2) is 5.10 Å². The standard InChI is InChI=1S/C19H24N4O/c1-14-18(12-20-21-19(14)24)23-10-8-22(9-11-23)13-16-7-6-15-4-2-3-5-17(15)16/h2-5,12,16H,6-11,13H2,1H3,(H,21,24)/t16-/m0/s1. The smallest absolute Gasteiger partial charge is 0.269 e. The molecular weight excluding hydrogens is 300 g/mol. The lowest BCUT2D eigenvalue weighted by Crippen LogP contribution is -2.48. The van der Waals surface area contributed by atoms with Gasteiger partial charge in [-0.3, -0.25) is 9.69 Å². The molecule has 0 saturated carbocycles. The maximum absolute atomic E-state index is 11.7. The Bertz CT molecular complexity index is 777. The SMILES string of the molecule is Cc1c(N2CCN(C[C@@H]3CCc4ccccc43)CC2)cn[nH]c1=O. The Labute approximate surface area is 142 Å². The van der Waals surface area contributed by atoms with E-state index in [1.165, 1.54) is 18.4 Å². The number of aryl methyl sites for hydroxylation is 1. The lowest BCUT2D eigenvalue weighted by Gasteiger charge is -2.37. The number of aromatic amines is 1. The molecule has 1 fully saturated rings. The van der Waals surface area contributed by atoms with Gasteiger partial charge in [-0.15, -0.1) is 0 Å². The molecule has 0 spiro atoms. The van der Waals surface area contributed by atoms with E-state index in [-0.39, 0.29) is 5.56 Å². The molecular formula is C19H24N4O. The normalized spacial score (nSPS) is 21.0. The molecule has 0 radical (unpaired) electrons. The molecule has 0 amide bonds. The van der Waals surface area contributed by atoms with Gasteiger partial charge in [-0.2, -0.15) is 5.10 Å². The molecule has 5 heteroatoms. The number of aromatic nitrogens is 2. The van der Waals surface area contributed by atoms with Crippen LogP contribution in [0.3, 0.4) is 0 Å². The van der Waals surface area contributed by atoms with Crippen molar-refractivity contribution in [1.29, 1.82) is 0 Å². The number of piperazine rings is 1. The van der Waals surface area contributed by atoms with Crippen molar-refractivity contribution in [3.8, 4) is 0 Å². The summed E-state index contributed by atoms with van der Waals surface area (Å²) in [7, 11) is 0. The zero-order valence-electron chi connectivity index (χ0n) is 14.2. The van der Waals surface area contributed by atoms with Crippen LogP contribution in [0.5, 0.6) is 0 Å². The van der Waals surface area contributed by atoms with Crippen molar-refractivity contribution in [2.75, 3.05) is 37.6 Å². The Balaban J connectivity index is 1.39. The summed E-state index contributed by atoms with van der Waals surface area (Å²) in [4.78, 5) is 16.6. The molecule has 1 aliphatic carbocycles. The van der Waals surface area contributed by atoms with Crippen LogP contribution in [0.4, 0.5) is 5.69 Å².